The van der Waals surface area contributed by atoms with Crippen molar-refractivity contribution in [1.29, 1.82) is 0 Å². The minimum absolute atomic E-state index is 0.138. The zero-order valence-corrected chi connectivity index (χ0v) is 26.1. The maximum absolute atomic E-state index is 12.2. The van der Waals surface area contributed by atoms with E-state index in [-0.39, 0.29) is 19.0 Å². The van der Waals surface area contributed by atoms with Crippen LogP contribution in [0.1, 0.15) is 127 Å². The Kier molecular flexibility index (Phi) is 18.6. The summed E-state index contributed by atoms with van der Waals surface area (Å²) in [5.74, 6) is -1.15. The standard InChI is InChI=1S/C28H53N4O9P/c1-2-3-4-5-6-7-8-9-10-11-12-13-14-15-16-17-18-38-19-20-39-42(36,37)40-21-23-24(33)25(34)28(41-23)32-22-30-27(31-32)26(29)35/h22-25,28,33-34H,2-21H2,1H3,(H2,29,35)(H,36,37)/t23-,24-,25-,28-/m1/s1. The number of aromatic nitrogens is 3. The van der Waals surface area contributed by atoms with Gasteiger partial charge in [0.15, 0.2) is 6.23 Å². The highest BCUT2D eigenvalue weighted by Crippen LogP contribution is 2.44. The van der Waals surface area contributed by atoms with E-state index in [0.29, 0.717) is 6.61 Å². The van der Waals surface area contributed by atoms with Gasteiger partial charge in [-0.2, -0.15) is 0 Å². The SMILES string of the molecule is CCCCCCCCCCCCCCCCCCOCCOP(=O)(O)OC[C@H]1O[C@@H](n2cnc(C(N)=O)n2)[C@H](O)[C@@H]1O. The van der Waals surface area contributed by atoms with Crippen LogP contribution < -0.4 is 5.73 Å². The molecule has 244 valence electrons. The monoisotopic (exact) mass is 620 g/mol. The molecular weight excluding hydrogens is 567 g/mol. The van der Waals surface area contributed by atoms with Crippen molar-refractivity contribution in [2.24, 2.45) is 5.73 Å². The normalized spacial score (nSPS) is 22.0. The molecule has 1 amide bonds. The fourth-order valence-electron chi connectivity index (χ4n) is 4.87. The molecule has 2 heterocycles. The number of nitrogens with zero attached hydrogens (tertiary/aromatic N) is 3. The number of rotatable bonds is 26. The highest BCUT2D eigenvalue weighted by Gasteiger charge is 2.45. The smallest absolute Gasteiger partial charge is 0.387 e. The van der Waals surface area contributed by atoms with Gasteiger partial charge in [-0.1, -0.05) is 103 Å². The number of phosphoric ester groups is 1. The topological polar surface area (TPSA) is 188 Å². The van der Waals surface area contributed by atoms with Crippen LogP contribution in [0.4, 0.5) is 0 Å². The Balaban J connectivity index is 1.41. The van der Waals surface area contributed by atoms with E-state index in [1.807, 2.05) is 0 Å². The molecule has 13 nitrogen and oxygen atoms in total. The molecule has 2 rings (SSSR count). The minimum atomic E-state index is -4.43. The van der Waals surface area contributed by atoms with Gasteiger partial charge in [-0.25, -0.2) is 14.2 Å². The number of unbranched alkanes of at least 4 members (excludes halogenated alkanes) is 15. The minimum Gasteiger partial charge on any atom is -0.387 e. The summed E-state index contributed by atoms with van der Waals surface area (Å²) in [5.41, 5.74) is 5.11. The number of aliphatic hydroxyl groups excluding tert-OH is 2. The first kappa shape index (κ1) is 36.8. The van der Waals surface area contributed by atoms with Gasteiger partial charge in [0.05, 0.1) is 19.8 Å². The summed E-state index contributed by atoms with van der Waals surface area (Å²) in [7, 11) is -4.43. The molecule has 0 aromatic carbocycles. The first-order chi connectivity index (χ1) is 20.2. The number of nitrogens with two attached hydrogens (primary N) is 1. The lowest BCUT2D eigenvalue weighted by Gasteiger charge is -2.17. The molecule has 1 aromatic heterocycles. The van der Waals surface area contributed by atoms with Crippen molar-refractivity contribution in [2.45, 2.75) is 134 Å². The Morgan fingerprint density at radius 2 is 1.43 bits per heavy atom. The summed E-state index contributed by atoms with van der Waals surface area (Å²) >= 11 is 0. The molecule has 0 radical (unpaired) electrons. The van der Waals surface area contributed by atoms with Gasteiger partial charge in [0, 0.05) is 6.61 Å². The predicted molar refractivity (Wildman–Crippen MR) is 157 cm³/mol. The quantitative estimate of drug-likeness (QED) is 0.0848. The van der Waals surface area contributed by atoms with E-state index in [1.54, 1.807) is 0 Å². The maximum atomic E-state index is 12.2. The first-order valence-electron chi connectivity index (χ1n) is 15.7. The summed E-state index contributed by atoms with van der Waals surface area (Å²) in [6.45, 7) is 2.29. The van der Waals surface area contributed by atoms with E-state index in [2.05, 4.69) is 17.0 Å². The summed E-state index contributed by atoms with van der Waals surface area (Å²) in [4.78, 5) is 24.7. The molecule has 1 aromatic rings. The summed E-state index contributed by atoms with van der Waals surface area (Å²) in [5, 5.41) is 24.2. The molecule has 14 heteroatoms. The van der Waals surface area contributed by atoms with Crippen molar-refractivity contribution in [3.8, 4) is 0 Å². The zero-order valence-electron chi connectivity index (χ0n) is 25.2. The second kappa shape index (κ2) is 21.3. The van der Waals surface area contributed by atoms with Crippen molar-refractivity contribution in [3.05, 3.63) is 12.2 Å². The van der Waals surface area contributed by atoms with E-state index in [4.69, 9.17) is 24.3 Å². The molecule has 0 bridgehead atoms. The van der Waals surface area contributed by atoms with Crippen LogP contribution in [0.3, 0.4) is 0 Å². The number of amides is 1. The Morgan fingerprint density at radius 1 is 0.881 bits per heavy atom. The lowest BCUT2D eigenvalue weighted by atomic mass is 10.0. The molecule has 0 aliphatic carbocycles. The number of hydrogen-bond acceptors (Lipinski definition) is 10. The number of primary amides is 1. The fourth-order valence-corrected chi connectivity index (χ4v) is 5.58. The number of ether oxygens (including phenoxy) is 2. The molecule has 1 saturated heterocycles. The van der Waals surface area contributed by atoms with Crippen LogP contribution in [0.5, 0.6) is 0 Å². The average molecular weight is 621 g/mol. The lowest BCUT2D eigenvalue weighted by Crippen LogP contribution is -2.33. The van der Waals surface area contributed by atoms with Crippen LogP contribution in [0.2, 0.25) is 0 Å². The van der Waals surface area contributed by atoms with Gasteiger partial charge in [-0.05, 0) is 6.42 Å². The van der Waals surface area contributed by atoms with Crippen LogP contribution >= 0.6 is 7.82 Å². The molecule has 5 atom stereocenters. The van der Waals surface area contributed by atoms with Gasteiger partial charge >= 0.3 is 7.82 Å². The zero-order chi connectivity index (χ0) is 30.6. The maximum Gasteiger partial charge on any atom is 0.472 e. The van der Waals surface area contributed by atoms with Crippen molar-refractivity contribution in [2.75, 3.05) is 26.4 Å². The van der Waals surface area contributed by atoms with Crippen LogP contribution in [0.25, 0.3) is 0 Å². The second-order valence-electron chi connectivity index (χ2n) is 11.0. The Bertz CT molecular complexity index is 906. The summed E-state index contributed by atoms with van der Waals surface area (Å²) in [6.07, 6.45) is 16.7. The molecule has 0 saturated carbocycles. The summed E-state index contributed by atoms with van der Waals surface area (Å²) in [6, 6.07) is 0. The lowest BCUT2D eigenvalue weighted by molar-refractivity contribution is -0.0593. The van der Waals surface area contributed by atoms with Crippen molar-refractivity contribution in [1.82, 2.24) is 14.8 Å². The van der Waals surface area contributed by atoms with Crippen LogP contribution in [-0.2, 0) is 23.1 Å². The van der Waals surface area contributed by atoms with E-state index < -0.39 is 44.9 Å². The molecule has 42 heavy (non-hydrogen) atoms. The van der Waals surface area contributed by atoms with Crippen molar-refractivity contribution in [3.63, 3.8) is 0 Å². The van der Waals surface area contributed by atoms with Gasteiger partial charge in [0.25, 0.3) is 5.91 Å². The van der Waals surface area contributed by atoms with Gasteiger partial charge in [-0.15, -0.1) is 5.10 Å². The third-order valence-corrected chi connectivity index (χ3v) is 8.34. The third kappa shape index (κ3) is 14.8. The largest absolute Gasteiger partial charge is 0.472 e. The van der Waals surface area contributed by atoms with Gasteiger partial charge in [0.1, 0.15) is 24.6 Å². The van der Waals surface area contributed by atoms with Gasteiger partial charge < -0.3 is 30.3 Å². The summed E-state index contributed by atoms with van der Waals surface area (Å²) < 4.78 is 34.0. The van der Waals surface area contributed by atoms with E-state index >= 15 is 0 Å². The van der Waals surface area contributed by atoms with Crippen LogP contribution in [-0.4, -0.2) is 80.5 Å². The van der Waals surface area contributed by atoms with Gasteiger partial charge in [-0.3, -0.25) is 13.8 Å². The molecule has 1 fully saturated rings. The Morgan fingerprint density at radius 3 is 1.95 bits per heavy atom. The number of carbonyl (C=O) groups excluding carboxylic acids is 1. The molecule has 1 aliphatic rings. The van der Waals surface area contributed by atoms with Crippen LogP contribution in [0, 0.1) is 0 Å². The highest BCUT2D eigenvalue weighted by atomic mass is 31.2. The third-order valence-electron chi connectivity index (χ3n) is 7.35. The molecule has 5 N–H and O–H groups in total. The van der Waals surface area contributed by atoms with Crippen molar-refractivity contribution < 1.29 is 43.0 Å². The Labute approximate surface area is 250 Å². The van der Waals surface area contributed by atoms with E-state index in [1.165, 1.54) is 89.9 Å². The molecular formula is C28H53N4O9P. The second-order valence-corrected chi connectivity index (χ2v) is 12.4. The predicted octanol–water partition coefficient (Wildman–Crippen LogP) is 4.41. The number of hydrogen-bond donors (Lipinski definition) is 4. The highest BCUT2D eigenvalue weighted by molar-refractivity contribution is 7.47. The molecule has 0 spiro atoms. The number of carbonyl (C=O) groups is 1. The van der Waals surface area contributed by atoms with Crippen molar-refractivity contribution >= 4 is 13.7 Å². The van der Waals surface area contributed by atoms with Gasteiger partial charge in [0.2, 0.25) is 5.82 Å². The molecule has 1 aliphatic heterocycles. The van der Waals surface area contributed by atoms with Crippen LogP contribution in [0.15, 0.2) is 6.33 Å². The fraction of sp³-hybridized carbons (Fsp3) is 0.893. The number of aliphatic hydroxyl groups is 2. The number of phosphoric acid groups is 1. The van der Waals surface area contributed by atoms with E-state index in [9.17, 15) is 24.5 Å². The first-order valence-corrected chi connectivity index (χ1v) is 17.2. The molecule has 1 unspecified atom stereocenters. The van der Waals surface area contributed by atoms with E-state index in [0.717, 1.165) is 23.9 Å². The Hall–Kier alpha value is -1.44. The average Bonchev–Trinajstić information content (AvgIpc) is 3.56.